The highest BCUT2D eigenvalue weighted by molar-refractivity contribution is 8.00. The number of pyridine rings is 1. The first-order valence-electron chi connectivity index (χ1n) is 7.44. The van der Waals surface area contributed by atoms with Crippen LogP contribution in [0.2, 0.25) is 0 Å². The molecule has 2 heterocycles. The van der Waals surface area contributed by atoms with E-state index in [2.05, 4.69) is 39.3 Å². The second-order valence-corrected chi connectivity index (χ2v) is 6.33. The van der Waals surface area contributed by atoms with E-state index in [-0.39, 0.29) is 0 Å². The third-order valence-electron chi connectivity index (χ3n) is 3.29. The first-order chi connectivity index (χ1) is 10.3. The lowest BCUT2D eigenvalue weighted by molar-refractivity contribution is 0.397. The van der Waals surface area contributed by atoms with Gasteiger partial charge in [-0.3, -0.25) is 0 Å². The van der Waals surface area contributed by atoms with Crippen molar-refractivity contribution in [3.8, 4) is 5.88 Å². The van der Waals surface area contributed by atoms with Gasteiger partial charge in [-0.25, -0.2) is 9.98 Å². The van der Waals surface area contributed by atoms with E-state index in [9.17, 15) is 0 Å². The number of ether oxygens (including phenoxy) is 1. The summed E-state index contributed by atoms with van der Waals surface area (Å²) in [5.41, 5.74) is 1.09. The minimum absolute atomic E-state index is 0.617. The summed E-state index contributed by atoms with van der Waals surface area (Å²) in [6, 6.07) is 3.88. The van der Waals surface area contributed by atoms with E-state index in [1.54, 1.807) is 13.3 Å². The van der Waals surface area contributed by atoms with Gasteiger partial charge in [0, 0.05) is 30.6 Å². The van der Waals surface area contributed by atoms with Crippen LogP contribution < -0.4 is 15.4 Å². The van der Waals surface area contributed by atoms with Crippen LogP contribution in [0.3, 0.4) is 0 Å². The van der Waals surface area contributed by atoms with Gasteiger partial charge in [-0.1, -0.05) is 0 Å². The summed E-state index contributed by atoms with van der Waals surface area (Å²) in [4.78, 5) is 8.73. The number of hydrogen-bond donors (Lipinski definition) is 2. The average Bonchev–Trinajstić information content (AvgIpc) is 3.03. The summed E-state index contributed by atoms with van der Waals surface area (Å²) in [6.45, 7) is 4.54. The van der Waals surface area contributed by atoms with Gasteiger partial charge in [0.05, 0.1) is 13.7 Å². The highest BCUT2D eigenvalue weighted by atomic mass is 32.2. The topological polar surface area (TPSA) is 58.5 Å². The van der Waals surface area contributed by atoms with E-state index in [0.717, 1.165) is 29.9 Å². The lowest BCUT2D eigenvalue weighted by atomic mass is 10.2. The molecule has 0 aliphatic carbocycles. The largest absolute Gasteiger partial charge is 0.481 e. The van der Waals surface area contributed by atoms with Crippen LogP contribution in [0.1, 0.15) is 25.3 Å². The van der Waals surface area contributed by atoms with Crippen LogP contribution in [0.15, 0.2) is 23.3 Å². The number of methoxy groups -OCH3 is 1. The molecular weight excluding hydrogens is 284 g/mol. The Labute approximate surface area is 131 Å². The maximum absolute atomic E-state index is 5.13. The molecule has 0 bridgehead atoms. The third-order valence-corrected chi connectivity index (χ3v) is 4.69. The number of nitrogens with one attached hydrogen (secondary N) is 2. The van der Waals surface area contributed by atoms with Gasteiger partial charge >= 0.3 is 0 Å². The molecule has 0 aromatic carbocycles. The van der Waals surface area contributed by atoms with Gasteiger partial charge in [-0.2, -0.15) is 11.8 Å². The Morgan fingerprint density at radius 3 is 3.14 bits per heavy atom. The first-order valence-corrected chi connectivity index (χ1v) is 8.49. The number of guanidine groups is 1. The van der Waals surface area contributed by atoms with Crippen molar-refractivity contribution in [2.75, 3.05) is 26.0 Å². The van der Waals surface area contributed by atoms with Gasteiger partial charge < -0.3 is 15.4 Å². The van der Waals surface area contributed by atoms with Gasteiger partial charge in [0.1, 0.15) is 0 Å². The number of rotatable bonds is 6. The van der Waals surface area contributed by atoms with Crippen LogP contribution >= 0.6 is 11.8 Å². The van der Waals surface area contributed by atoms with Gasteiger partial charge in [-0.05, 0) is 37.1 Å². The summed E-state index contributed by atoms with van der Waals surface area (Å²) >= 11 is 2.05. The van der Waals surface area contributed by atoms with Crippen LogP contribution in [-0.2, 0) is 6.54 Å². The van der Waals surface area contributed by atoms with E-state index >= 15 is 0 Å². The van der Waals surface area contributed by atoms with Crippen molar-refractivity contribution in [2.24, 2.45) is 4.99 Å². The maximum atomic E-state index is 5.13. The molecule has 2 rings (SSSR count). The van der Waals surface area contributed by atoms with Crippen molar-refractivity contribution < 1.29 is 4.74 Å². The summed E-state index contributed by atoms with van der Waals surface area (Å²) in [6.07, 6.45) is 4.39. The summed E-state index contributed by atoms with van der Waals surface area (Å²) in [7, 11) is 1.63. The predicted octanol–water partition coefficient (Wildman–Crippen LogP) is 2.04. The normalized spacial score (nSPS) is 18.6. The molecule has 1 saturated heterocycles. The van der Waals surface area contributed by atoms with Crippen molar-refractivity contribution in [1.29, 1.82) is 0 Å². The van der Waals surface area contributed by atoms with Crippen LogP contribution in [0, 0.1) is 0 Å². The smallest absolute Gasteiger partial charge is 0.213 e. The SMILES string of the molecule is CCNC(=NCc1ccnc(OC)c1)NCC1CCCS1. The quantitative estimate of drug-likeness (QED) is 0.622. The summed E-state index contributed by atoms with van der Waals surface area (Å²) in [5.74, 6) is 2.79. The fourth-order valence-corrected chi connectivity index (χ4v) is 3.39. The molecule has 0 spiro atoms. The van der Waals surface area contributed by atoms with E-state index in [4.69, 9.17) is 4.74 Å². The van der Waals surface area contributed by atoms with Crippen LogP contribution in [0.25, 0.3) is 0 Å². The van der Waals surface area contributed by atoms with E-state index in [1.807, 2.05) is 12.1 Å². The van der Waals surface area contributed by atoms with Gasteiger partial charge in [-0.15, -0.1) is 0 Å². The molecule has 2 N–H and O–H groups in total. The molecular formula is C15H24N4OS. The molecule has 1 aliphatic heterocycles. The third kappa shape index (κ3) is 5.46. The molecule has 1 unspecified atom stereocenters. The molecule has 1 fully saturated rings. The van der Waals surface area contributed by atoms with Gasteiger partial charge in [0.15, 0.2) is 5.96 Å². The molecule has 0 saturated carbocycles. The fourth-order valence-electron chi connectivity index (χ4n) is 2.19. The number of nitrogens with zero attached hydrogens (tertiary/aromatic N) is 2. The minimum Gasteiger partial charge on any atom is -0.481 e. The van der Waals surface area contributed by atoms with Gasteiger partial charge in [0.25, 0.3) is 0 Å². The Balaban J connectivity index is 1.89. The zero-order chi connectivity index (χ0) is 14.9. The molecule has 1 aliphatic rings. The highest BCUT2D eigenvalue weighted by Gasteiger charge is 2.15. The van der Waals surface area contributed by atoms with Crippen LogP contribution in [-0.4, -0.2) is 42.1 Å². The molecule has 0 amide bonds. The summed E-state index contributed by atoms with van der Waals surface area (Å²) < 4.78 is 5.13. The monoisotopic (exact) mass is 308 g/mol. The Kier molecular flexibility index (Phi) is 6.66. The molecule has 6 heteroatoms. The predicted molar refractivity (Wildman–Crippen MR) is 89.1 cm³/mol. The fraction of sp³-hybridized carbons (Fsp3) is 0.600. The molecule has 0 radical (unpaired) electrons. The number of aliphatic imine (C=N–C) groups is 1. The number of thioether (sulfide) groups is 1. The zero-order valence-electron chi connectivity index (χ0n) is 12.8. The molecule has 116 valence electrons. The second kappa shape index (κ2) is 8.77. The average molecular weight is 308 g/mol. The van der Waals surface area contributed by atoms with Crippen LogP contribution in [0.5, 0.6) is 5.88 Å². The van der Waals surface area contributed by atoms with Crippen molar-refractivity contribution in [3.05, 3.63) is 23.9 Å². The second-order valence-electron chi connectivity index (χ2n) is 4.92. The number of aromatic nitrogens is 1. The first kappa shape index (κ1) is 15.9. The maximum Gasteiger partial charge on any atom is 0.213 e. The Morgan fingerprint density at radius 2 is 2.43 bits per heavy atom. The van der Waals surface area contributed by atoms with E-state index < -0.39 is 0 Å². The standard InChI is InChI=1S/C15H24N4OS/c1-3-16-15(19-11-13-5-4-8-21-13)18-10-12-6-7-17-14(9-12)20-2/h6-7,9,13H,3-5,8,10-11H2,1-2H3,(H2,16,18,19). The molecule has 5 nitrogen and oxygen atoms in total. The van der Waals surface area contributed by atoms with E-state index in [0.29, 0.717) is 12.4 Å². The Morgan fingerprint density at radius 1 is 1.52 bits per heavy atom. The van der Waals surface area contributed by atoms with Crippen molar-refractivity contribution >= 4 is 17.7 Å². The highest BCUT2D eigenvalue weighted by Crippen LogP contribution is 2.25. The molecule has 1 aromatic rings. The van der Waals surface area contributed by atoms with Crippen molar-refractivity contribution in [2.45, 2.75) is 31.6 Å². The van der Waals surface area contributed by atoms with Gasteiger partial charge in [0.2, 0.25) is 5.88 Å². The minimum atomic E-state index is 0.617. The molecule has 1 atom stereocenters. The lowest BCUT2D eigenvalue weighted by Crippen LogP contribution is -2.40. The van der Waals surface area contributed by atoms with Crippen molar-refractivity contribution in [3.63, 3.8) is 0 Å². The Bertz CT molecular complexity index is 461. The number of hydrogen-bond acceptors (Lipinski definition) is 4. The van der Waals surface area contributed by atoms with Crippen LogP contribution in [0.4, 0.5) is 0 Å². The van der Waals surface area contributed by atoms with E-state index in [1.165, 1.54) is 18.6 Å². The molecule has 1 aromatic heterocycles. The Hall–Kier alpha value is -1.43. The summed E-state index contributed by atoms with van der Waals surface area (Å²) in [5, 5.41) is 7.44. The van der Waals surface area contributed by atoms with Crippen molar-refractivity contribution in [1.82, 2.24) is 15.6 Å². The molecule has 21 heavy (non-hydrogen) atoms. The lowest BCUT2D eigenvalue weighted by Gasteiger charge is -2.14. The zero-order valence-corrected chi connectivity index (χ0v) is 13.6.